The number of hydrogen-bond donors (Lipinski definition) is 0. The molecule has 0 saturated heterocycles. The zero-order valence-electron chi connectivity index (χ0n) is 11.9. The van der Waals surface area contributed by atoms with E-state index in [1.54, 1.807) is 23.5 Å². The van der Waals surface area contributed by atoms with Crippen LogP contribution in [0.25, 0.3) is 0 Å². The van der Waals surface area contributed by atoms with E-state index in [2.05, 4.69) is 11.9 Å². The zero-order chi connectivity index (χ0) is 15.2. The lowest BCUT2D eigenvalue weighted by molar-refractivity contribution is 0.111. The highest BCUT2D eigenvalue weighted by Crippen LogP contribution is 2.34. The molecule has 0 unspecified atom stereocenters. The van der Waals surface area contributed by atoms with Gasteiger partial charge in [0.25, 0.3) is 0 Å². The van der Waals surface area contributed by atoms with Gasteiger partial charge in [0.15, 0.2) is 17.8 Å². The fourth-order valence-electron chi connectivity index (χ4n) is 1.87. The van der Waals surface area contributed by atoms with Crippen molar-refractivity contribution >= 4 is 29.2 Å². The second kappa shape index (κ2) is 7.43. The molecule has 0 aliphatic heterocycles. The van der Waals surface area contributed by atoms with Crippen LogP contribution in [0.2, 0.25) is 5.02 Å². The van der Waals surface area contributed by atoms with E-state index in [1.165, 1.54) is 7.11 Å². The summed E-state index contributed by atoms with van der Waals surface area (Å²) in [6.45, 7) is 2.41. The summed E-state index contributed by atoms with van der Waals surface area (Å²) in [5, 5.41) is 3.49. The lowest BCUT2D eigenvalue weighted by Gasteiger charge is -2.12. The average molecular weight is 326 g/mol. The first-order chi connectivity index (χ1) is 10.2. The van der Waals surface area contributed by atoms with Crippen LogP contribution in [0.5, 0.6) is 11.5 Å². The van der Waals surface area contributed by atoms with Crippen LogP contribution in [-0.4, -0.2) is 18.4 Å². The van der Waals surface area contributed by atoms with Gasteiger partial charge in [-0.2, -0.15) is 0 Å². The summed E-state index contributed by atoms with van der Waals surface area (Å²) < 4.78 is 10.9. The zero-order valence-corrected chi connectivity index (χ0v) is 13.5. The SMILES string of the molecule is CCCc1nc(COc2c(C=O)cc(Cl)cc2OC)cs1. The van der Waals surface area contributed by atoms with E-state index < -0.39 is 0 Å². The predicted octanol–water partition coefficient (Wildman–Crippen LogP) is 4.15. The molecule has 0 atom stereocenters. The minimum absolute atomic E-state index is 0.291. The first-order valence-corrected chi connectivity index (χ1v) is 7.82. The lowest BCUT2D eigenvalue weighted by Crippen LogP contribution is -2.01. The monoisotopic (exact) mass is 325 g/mol. The first kappa shape index (κ1) is 15.8. The van der Waals surface area contributed by atoms with Crippen molar-refractivity contribution in [2.75, 3.05) is 7.11 Å². The van der Waals surface area contributed by atoms with Crippen molar-refractivity contribution in [2.24, 2.45) is 0 Å². The Kier molecular flexibility index (Phi) is 5.59. The molecule has 1 heterocycles. The highest BCUT2D eigenvalue weighted by Gasteiger charge is 2.13. The molecule has 0 saturated carbocycles. The first-order valence-electron chi connectivity index (χ1n) is 6.56. The van der Waals surface area contributed by atoms with Crippen molar-refractivity contribution < 1.29 is 14.3 Å². The molecule has 2 aromatic rings. The number of carbonyl (C=O) groups excluding carboxylic acids is 1. The molecule has 0 fully saturated rings. The Balaban J connectivity index is 2.16. The van der Waals surface area contributed by atoms with Gasteiger partial charge in [0, 0.05) is 16.5 Å². The maximum Gasteiger partial charge on any atom is 0.172 e. The van der Waals surface area contributed by atoms with Gasteiger partial charge >= 0.3 is 0 Å². The van der Waals surface area contributed by atoms with Gasteiger partial charge < -0.3 is 9.47 Å². The number of ether oxygens (including phenoxy) is 2. The maximum atomic E-state index is 11.1. The highest BCUT2D eigenvalue weighted by molar-refractivity contribution is 7.09. The number of halogens is 1. The molecule has 21 heavy (non-hydrogen) atoms. The molecule has 6 heteroatoms. The minimum atomic E-state index is 0.291. The number of methoxy groups -OCH3 is 1. The van der Waals surface area contributed by atoms with Gasteiger partial charge in [0.05, 0.1) is 23.4 Å². The van der Waals surface area contributed by atoms with Gasteiger partial charge in [-0.25, -0.2) is 4.98 Å². The van der Waals surface area contributed by atoms with Crippen LogP contribution in [0.15, 0.2) is 17.5 Å². The number of aromatic nitrogens is 1. The Bertz CT molecular complexity index is 627. The Hall–Kier alpha value is -1.59. The predicted molar refractivity (Wildman–Crippen MR) is 83.8 cm³/mol. The van der Waals surface area contributed by atoms with Crippen LogP contribution in [0.3, 0.4) is 0 Å². The van der Waals surface area contributed by atoms with Gasteiger partial charge in [-0.05, 0) is 18.9 Å². The third kappa shape index (κ3) is 3.95. The van der Waals surface area contributed by atoms with Crippen LogP contribution in [0.1, 0.15) is 34.4 Å². The van der Waals surface area contributed by atoms with Crippen LogP contribution >= 0.6 is 22.9 Å². The Labute approximate surface area is 132 Å². The molecule has 0 radical (unpaired) electrons. The Morgan fingerprint density at radius 1 is 1.43 bits per heavy atom. The van der Waals surface area contributed by atoms with Gasteiger partial charge in [-0.1, -0.05) is 18.5 Å². The summed E-state index contributed by atoms with van der Waals surface area (Å²) in [6, 6.07) is 3.17. The highest BCUT2D eigenvalue weighted by atomic mass is 35.5. The van der Waals surface area contributed by atoms with E-state index in [9.17, 15) is 4.79 Å². The summed E-state index contributed by atoms with van der Waals surface area (Å²) >= 11 is 7.55. The van der Waals surface area contributed by atoms with Gasteiger partial charge in [-0.3, -0.25) is 4.79 Å². The van der Waals surface area contributed by atoms with E-state index in [1.807, 2.05) is 5.38 Å². The number of aryl methyl sites for hydroxylation is 1. The van der Waals surface area contributed by atoms with Crippen molar-refractivity contribution in [1.82, 2.24) is 4.98 Å². The molecule has 0 aliphatic carbocycles. The van der Waals surface area contributed by atoms with E-state index >= 15 is 0 Å². The normalized spacial score (nSPS) is 10.4. The molecule has 0 aliphatic rings. The number of carbonyl (C=O) groups is 1. The number of hydrogen-bond acceptors (Lipinski definition) is 5. The third-order valence-corrected chi connectivity index (χ3v) is 4.00. The van der Waals surface area contributed by atoms with Crippen LogP contribution in [-0.2, 0) is 13.0 Å². The van der Waals surface area contributed by atoms with Crippen molar-refractivity contribution in [3.63, 3.8) is 0 Å². The Morgan fingerprint density at radius 3 is 2.90 bits per heavy atom. The third-order valence-electron chi connectivity index (χ3n) is 2.82. The Morgan fingerprint density at radius 2 is 2.24 bits per heavy atom. The molecule has 0 N–H and O–H groups in total. The fourth-order valence-corrected chi connectivity index (χ4v) is 2.97. The van der Waals surface area contributed by atoms with Crippen molar-refractivity contribution in [3.8, 4) is 11.5 Å². The molecule has 0 amide bonds. The molecule has 2 rings (SSSR count). The van der Waals surface area contributed by atoms with Crippen LogP contribution in [0, 0.1) is 0 Å². The number of thiazole rings is 1. The number of rotatable bonds is 7. The maximum absolute atomic E-state index is 11.1. The number of benzene rings is 1. The van der Waals surface area contributed by atoms with Crippen LogP contribution in [0.4, 0.5) is 0 Å². The van der Waals surface area contributed by atoms with E-state index in [-0.39, 0.29) is 0 Å². The van der Waals surface area contributed by atoms with Gasteiger partial charge in [0.1, 0.15) is 6.61 Å². The molecule has 1 aromatic heterocycles. The molecule has 112 valence electrons. The van der Waals surface area contributed by atoms with E-state index in [4.69, 9.17) is 21.1 Å². The van der Waals surface area contributed by atoms with Gasteiger partial charge in [-0.15, -0.1) is 11.3 Å². The second-order valence-corrected chi connectivity index (χ2v) is 5.79. The minimum Gasteiger partial charge on any atom is -0.493 e. The van der Waals surface area contributed by atoms with Crippen LogP contribution < -0.4 is 9.47 Å². The van der Waals surface area contributed by atoms with Crippen molar-refractivity contribution in [1.29, 1.82) is 0 Å². The summed E-state index contributed by atoms with van der Waals surface area (Å²) in [6.07, 6.45) is 2.73. The quantitative estimate of drug-likeness (QED) is 0.717. The smallest absolute Gasteiger partial charge is 0.172 e. The van der Waals surface area contributed by atoms with E-state index in [0.29, 0.717) is 35.0 Å². The van der Waals surface area contributed by atoms with Crippen molar-refractivity contribution in [2.45, 2.75) is 26.4 Å². The topological polar surface area (TPSA) is 48.4 Å². The second-order valence-electron chi connectivity index (χ2n) is 4.42. The average Bonchev–Trinajstić information content (AvgIpc) is 2.93. The molecule has 0 spiro atoms. The summed E-state index contributed by atoms with van der Waals surface area (Å²) in [5.41, 5.74) is 1.21. The molecule has 0 bridgehead atoms. The summed E-state index contributed by atoms with van der Waals surface area (Å²) in [7, 11) is 1.51. The lowest BCUT2D eigenvalue weighted by atomic mass is 10.2. The molecular weight excluding hydrogens is 310 g/mol. The van der Waals surface area contributed by atoms with Crippen molar-refractivity contribution in [3.05, 3.63) is 38.8 Å². The van der Waals surface area contributed by atoms with E-state index in [0.717, 1.165) is 23.5 Å². The number of aldehydes is 1. The standard InChI is InChI=1S/C15H16ClNO3S/c1-3-4-14-17-12(9-21-14)8-20-15-10(7-18)5-11(16)6-13(15)19-2/h5-7,9H,3-4,8H2,1-2H3. The fraction of sp³-hybridized carbons (Fsp3) is 0.333. The molecule has 1 aromatic carbocycles. The summed E-state index contributed by atoms with van der Waals surface area (Å²) in [4.78, 5) is 15.6. The largest absolute Gasteiger partial charge is 0.493 e. The van der Waals surface area contributed by atoms with Gasteiger partial charge in [0.2, 0.25) is 0 Å². The summed E-state index contributed by atoms with van der Waals surface area (Å²) in [5.74, 6) is 0.829. The number of nitrogens with zero attached hydrogens (tertiary/aromatic N) is 1. The molecule has 4 nitrogen and oxygen atoms in total. The molecular formula is C15H16ClNO3S.